The van der Waals surface area contributed by atoms with E-state index in [1.54, 1.807) is 0 Å². The smallest absolute Gasteiger partial charge is 0.317 e. The summed E-state index contributed by atoms with van der Waals surface area (Å²) in [7, 11) is 1.37. The minimum Gasteiger partial charge on any atom is -0.468 e. The highest BCUT2D eigenvalue weighted by atomic mass is 32.2. The molecule has 1 unspecified atom stereocenters. The lowest BCUT2D eigenvalue weighted by molar-refractivity contribution is -0.137. The van der Waals surface area contributed by atoms with Crippen molar-refractivity contribution in [2.45, 2.75) is 26.0 Å². The number of aliphatic hydroxyl groups excluding tert-OH is 1. The van der Waals surface area contributed by atoms with Crippen molar-refractivity contribution in [3.8, 4) is 0 Å². The molecule has 112 valence electrons. The Kier molecular flexibility index (Phi) is 7.43. The Hall–Kier alpha value is -1.24. The van der Waals surface area contributed by atoms with E-state index in [-0.39, 0.29) is 11.7 Å². The minimum atomic E-state index is -0.519. The predicted octanol–water partition coefficient (Wildman–Crippen LogP) is 1.95. The first-order valence-electron chi connectivity index (χ1n) is 6.49. The maximum Gasteiger partial charge on any atom is 0.317 e. The van der Waals surface area contributed by atoms with Crippen molar-refractivity contribution >= 4 is 23.6 Å². The van der Waals surface area contributed by atoms with Gasteiger partial charge in [-0.25, -0.2) is 0 Å². The van der Waals surface area contributed by atoms with Crippen molar-refractivity contribution in [1.82, 2.24) is 5.32 Å². The van der Waals surface area contributed by atoms with E-state index >= 15 is 0 Å². The van der Waals surface area contributed by atoms with Crippen molar-refractivity contribution in [3.05, 3.63) is 29.8 Å². The fourth-order valence-corrected chi connectivity index (χ4v) is 2.09. The molecule has 5 nitrogen and oxygen atoms in total. The van der Waals surface area contributed by atoms with Gasteiger partial charge >= 0.3 is 5.97 Å². The van der Waals surface area contributed by atoms with Gasteiger partial charge in [0.15, 0.2) is 0 Å². The number of rotatable bonds is 8. The molecule has 0 amide bonds. The molecule has 0 heterocycles. The number of benzene rings is 1. The van der Waals surface area contributed by atoms with Crippen LogP contribution in [-0.2, 0) is 9.53 Å². The van der Waals surface area contributed by atoms with E-state index < -0.39 is 6.10 Å². The molecule has 1 aromatic carbocycles. The normalized spacial score (nSPS) is 12.2. The predicted molar refractivity (Wildman–Crippen MR) is 82.6 cm³/mol. The van der Waals surface area contributed by atoms with Gasteiger partial charge in [0, 0.05) is 18.3 Å². The van der Waals surface area contributed by atoms with E-state index in [4.69, 9.17) is 0 Å². The van der Waals surface area contributed by atoms with E-state index in [1.165, 1.54) is 19.1 Å². The zero-order valence-corrected chi connectivity index (χ0v) is 12.9. The van der Waals surface area contributed by atoms with Crippen molar-refractivity contribution in [3.63, 3.8) is 0 Å². The van der Waals surface area contributed by atoms with Gasteiger partial charge in [0.2, 0.25) is 0 Å². The lowest BCUT2D eigenvalue weighted by Gasteiger charge is -2.15. The zero-order chi connectivity index (χ0) is 15.0. The van der Waals surface area contributed by atoms with Crippen LogP contribution in [0.25, 0.3) is 0 Å². The molecule has 6 heteroatoms. The molecule has 0 aliphatic carbocycles. The summed E-state index contributed by atoms with van der Waals surface area (Å²) >= 11 is 1.27. The molecule has 0 aliphatic rings. The average Bonchev–Trinajstić information content (AvgIpc) is 2.45. The number of carbonyl (C=O) groups excluding carboxylic acids is 1. The summed E-state index contributed by atoms with van der Waals surface area (Å²) in [6.07, 6.45) is -0.519. The molecule has 0 saturated heterocycles. The Bertz CT molecular complexity index is 409. The number of hydrogen-bond acceptors (Lipinski definition) is 6. The van der Waals surface area contributed by atoms with E-state index in [1.807, 2.05) is 38.1 Å². The fraction of sp³-hybridized carbons (Fsp3) is 0.500. The first kappa shape index (κ1) is 16.8. The van der Waals surface area contributed by atoms with Crippen LogP contribution in [0.1, 0.15) is 25.5 Å². The first-order chi connectivity index (χ1) is 9.52. The van der Waals surface area contributed by atoms with Crippen LogP contribution in [0.15, 0.2) is 24.3 Å². The molecule has 0 spiro atoms. The van der Waals surface area contributed by atoms with Gasteiger partial charge in [-0.1, -0.05) is 26.0 Å². The van der Waals surface area contributed by atoms with E-state index in [0.29, 0.717) is 12.6 Å². The van der Waals surface area contributed by atoms with Gasteiger partial charge < -0.3 is 19.9 Å². The standard InChI is InChI=1S/C14H22N2O3S/c1-10(2)15-8-13(17)11-4-6-12(7-5-11)16-20-9-14(18)19-3/h4-7,10,13,15-17H,8-9H2,1-3H3. The Labute approximate surface area is 124 Å². The molecular weight excluding hydrogens is 276 g/mol. The number of ether oxygens (including phenoxy) is 1. The second-order valence-corrected chi connectivity index (χ2v) is 5.45. The number of anilines is 1. The third-order valence-electron chi connectivity index (χ3n) is 2.62. The van der Waals surface area contributed by atoms with Crippen LogP contribution in [0.5, 0.6) is 0 Å². The Morgan fingerprint density at radius 2 is 2.00 bits per heavy atom. The van der Waals surface area contributed by atoms with Crippen LogP contribution >= 0.6 is 11.9 Å². The Morgan fingerprint density at radius 3 is 2.55 bits per heavy atom. The number of nitrogens with one attached hydrogen (secondary N) is 2. The number of aliphatic hydroxyl groups is 1. The maximum absolute atomic E-state index is 10.9. The van der Waals surface area contributed by atoms with Gasteiger partial charge in [0.25, 0.3) is 0 Å². The summed E-state index contributed by atoms with van der Waals surface area (Å²) in [5, 5.41) is 13.2. The lowest BCUT2D eigenvalue weighted by atomic mass is 10.1. The van der Waals surface area contributed by atoms with Gasteiger partial charge in [-0.05, 0) is 29.6 Å². The van der Waals surface area contributed by atoms with E-state index in [2.05, 4.69) is 14.8 Å². The molecule has 0 radical (unpaired) electrons. The highest BCUT2D eigenvalue weighted by molar-refractivity contribution is 8.01. The SMILES string of the molecule is COC(=O)CSNc1ccc(C(O)CNC(C)C)cc1. The first-order valence-corrected chi connectivity index (χ1v) is 7.47. The van der Waals surface area contributed by atoms with Gasteiger partial charge in [-0.15, -0.1) is 0 Å². The van der Waals surface area contributed by atoms with E-state index in [9.17, 15) is 9.90 Å². The molecule has 0 bridgehead atoms. The Balaban J connectivity index is 2.41. The van der Waals surface area contributed by atoms with Crippen LogP contribution in [0.2, 0.25) is 0 Å². The van der Waals surface area contributed by atoms with Crippen molar-refractivity contribution in [1.29, 1.82) is 0 Å². The summed E-state index contributed by atoms with van der Waals surface area (Å²) in [6, 6.07) is 7.83. The molecular formula is C14H22N2O3S. The second kappa shape index (κ2) is 8.84. The summed E-state index contributed by atoms with van der Waals surface area (Å²) in [5.41, 5.74) is 1.74. The molecule has 0 aliphatic heterocycles. The molecule has 0 saturated carbocycles. The molecule has 0 fully saturated rings. The molecule has 20 heavy (non-hydrogen) atoms. The van der Waals surface area contributed by atoms with Crippen LogP contribution < -0.4 is 10.0 Å². The molecule has 3 N–H and O–H groups in total. The van der Waals surface area contributed by atoms with Gasteiger partial charge in [0.1, 0.15) is 5.75 Å². The monoisotopic (exact) mass is 298 g/mol. The number of carbonyl (C=O) groups is 1. The number of hydrogen-bond donors (Lipinski definition) is 3. The second-order valence-electron chi connectivity index (χ2n) is 4.67. The largest absolute Gasteiger partial charge is 0.468 e. The maximum atomic E-state index is 10.9. The summed E-state index contributed by atoms with van der Waals surface area (Å²) < 4.78 is 7.59. The van der Waals surface area contributed by atoms with Crippen LogP contribution in [-0.4, -0.2) is 36.5 Å². The van der Waals surface area contributed by atoms with Crippen molar-refractivity contribution in [2.24, 2.45) is 0 Å². The van der Waals surface area contributed by atoms with Crippen molar-refractivity contribution in [2.75, 3.05) is 24.1 Å². The van der Waals surface area contributed by atoms with Gasteiger partial charge in [-0.3, -0.25) is 4.79 Å². The molecule has 1 aromatic rings. The molecule has 1 atom stereocenters. The molecule has 1 rings (SSSR count). The summed E-state index contributed by atoms with van der Waals surface area (Å²) in [6.45, 7) is 4.61. The van der Waals surface area contributed by atoms with Gasteiger partial charge in [-0.2, -0.15) is 0 Å². The van der Waals surface area contributed by atoms with Crippen LogP contribution in [0.4, 0.5) is 5.69 Å². The number of esters is 1. The van der Waals surface area contributed by atoms with Crippen LogP contribution in [0, 0.1) is 0 Å². The highest BCUT2D eigenvalue weighted by Gasteiger charge is 2.08. The van der Waals surface area contributed by atoms with Crippen LogP contribution in [0.3, 0.4) is 0 Å². The fourth-order valence-electron chi connectivity index (χ4n) is 1.48. The lowest BCUT2D eigenvalue weighted by Crippen LogP contribution is -2.27. The Morgan fingerprint density at radius 1 is 1.35 bits per heavy atom. The zero-order valence-electron chi connectivity index (χ0n) is 12.1. The minimum absolute atomic E-state index is 0.249. The van der Waals surface area contributed by atoms with Crippen molar-refractivity contribution < 1.29 is 14.6 Å². The third-order valence-corrected chi connectivity index (χ3v) is 3.38. The topological polar surface area (TPSA) is 70.6 Å². The van der Waals surface area contributed by atoms with E-state index in [0.717, 1.165) is 11.3 Å². The average molecular weight is 298 g/mol. The number of methoxy groups -OCH3 is 1. The molecule has 0 aromatic heterocycles. The summed E-state index contributed by atoms with van der Waals surface area (Å²) in [5.74, 6) is -0.0200. The quantitative estimate of drug-likeness (QED) is 0.503. The summed E-state index contributed by atoms with van der Waals surface area (Å²) in [4.78, 5) is 10.9. The third kappa shape index (κ3) is 6.27. The van der Waals surface area contributed by atoms with Gasteiger partial charge in [0.05, 0.1) is 13.2 Å². The highest BCUT2D eigenvalue weighted by Crippen LogP contribution is 2.18.